The zero-order chi connectivity index (χ0) is 11.4. The molecule has 1 aromatic rings. The maximum absolute atomic E-state index is 11.3. The molecule has 82 valence electrons. The van der Waals surface area contributed by atoms with Crippen molar-refractivity contribution in [3.8, 4) is 0 Å². The molecule has 0 atom stereocenters. The monoisotopic (exact) mass is 211 g/mol. The van der Waals surface area contributed by atoms with Gasteiger partial charge in [-0.25, -0.2) is 14.5 Å². The number of carbonyl (C=O) groups excluding carboxylic acids is 1. The number of aromatic amines is 1. The molecule has 0 spiro atoms. The molecule has 0 aliphatic heterocycles. The molecule has 1 rings (SSSR count). The van der Waals surface area contributed by atoms with Crippen LogP contribution in [0.5, 0.6) is 0 Å². The summed E-state index contributed by atoms with van der Waals surface area (Å²) >= 11 is 0. The Bertz CT molecular complexity index is 446. The fourth-order valence-corrected chi connectivity index (χ4v) is 1.17. The van der Waals surface area contributed by atoms with E-state index in [1.165, 1.54) is 17.3 Å². The van der Waals surface area contributed by atoms with Crippen molar-refractivity contribution < 1.29 is 4.79 Å². The smallest absolute Gasteiger partial charge is 0.277 e. The Kier molecular flexibility index (Phi) is 3.43. The fourth-order valence-electron chi connectivity index (χ4n) is 1.17. The van der Waals surface area contributed by atoms with Gasteiger partial charge >= 0.3 is 5.69 Å². The molecule has 0 aliphatic rings. The van der Waals surface area contributed by atoms with Crippen LogP contribution in [0.3, 0.4) is 0 Å². The first kappa shape index (κ1) is 11.2. The van der Waals surface area contributed by atoms with Crippen molar-refractivity contribution in [1.29, 1.82) is 0 Å². The summed E-state index contributed by atoms with van der Waals surface area (Å²) in [5.74, 6) is 0.231. The summed E-state index contributed by atoms with van der Waals surface area (Å²) < 4.78 is 1.08. The first-order chi connectivity index (χ1) is 7.04. The van der Waals surface area contributed by atoms with Gasteiger partial charge < -0.3 is 0 Å². The minimum atomic E-state index is -0.616. The van der Waals surface area contributed by atoms with E-state index in [1.807, 2.05) is 13.8 Å². The van der Waals surface area contributed by atoms with E-state index < -0.39 is 11.2 Å². The summed E-state index contributed by atoms with van der Waals surface area (Å²) in [5, 5.41) is 1.21. The molecule has 0 bridgehead atoms. The van der Waals surface area contributed by atoms with Crippen molar-refractivity contribution in [3.05, 3.63) is 33.1 Å². The molecule has 0 fully saturated rings. The summed E-state index contributed by atoms with van der Waals surface area (Å²) in [6.45, 7) is 4.26. The van der Waals surface area contributed by atoms with Gasteiger partial charge in [0.1, 0.15) is 0 Å². The second-order valence-electron chi connectivity index (χ2n) is 3.58. The molecule has 0 aromatic carbocycles. The fraction of sp³-hybridized carbons (Fsp3) is 0.444. The highest BCUT2D eigenvalue weighted by molar-refractivity contribution is 5.60. The van der Waals surface area contributed by atoms with E-state index in [0.717, 1.165) is 4.68 Å². The number of hydrogen-bond donors (Lipinski definition) is 1. The number of hydrogen-bond acceptors (Lipinski definition) is 3. The van der Waals surface area contributed by atoms with Gasteiger partial charge in [0.25, 0.3) is 5.56 Å². The zero-order valence-corrected chi connectivity index (χ0v) is 8.64. The summed E-state index contributed by atoms with van der Waals surface area (Å²) in [4.78, 5) is 35.0. The number of H-pyrrole nitrogens is 1. The molecule has 0 aliphatic carbocycles. The van der Waals surface area contributed by atoms with Gasteiger partial charge in [-0.05, 0) is 5.92 Å². The Morgan fingerprint density at radius 2 is 2.20 bits per heavy atom. The van der Waals surface area contributed by atoms with Gasteiger partial charge in [-0.2, -0.15) is 0 Å². The van der Waals surface area contributed by atoms with Crippen LogP contribution >= 0.6 is 0 Å². The number of carbonyl (C=O) groups is 1. The van der Waals surface area contributed by atoms with Gasteiger partial charge in [-0.1, -0.05) is 13.8 Å². The van der Waals surface area contributed by atoms with E-state index in [-0.39, 0.29) is 5.92 Å². The lowest BCUT2D eigenvalue weighted by atomic mass is 10.2. The lowest BCUT2D eigenvalue weighted by Crippen LogP contribution is -2.45. The molecular formula is C9H13N3O3. The highest BCUT2D eigenvalue weighted by Gasteiger charge is 2.08. The molecule has 0 radical (unpaired) electrons. The van der Waals surface area contributed by atoms with Gasteiger partial charge in [0.05, 0.1) is 0 Å². The molecular weight excluding hydrogens is 198 g/mol. The predicted octanol–water partition coefficient (Wildman–Crippen LogP) is -0.713. The Morgan fingerprint density at radius 1 is 1.53 bits per heavy atom. The van der Waals surface area contributed by atoms with Crippen molar-refractivity contribution in [1.82, 2.24) is 9.66 Å². The number of aromatic nitrogens is 2. The lowest BCUT2D eigenvalue weighted by molar-refractivity contribution is -0.109. The Hall–Kier alpha value is -1.85. The van der Waals surface area contributed by atoms with Crippen molar-refractivity contribution >= 4 is 6.41 Å². The normalized spacial score (nSPS) is 10.3. The van der Waals surface area contributed by atoms with Crippen LogP contribution in [-0.2, 0) is 4.79 Å². The van der Waals surface area contributed by atoms with Crippen LogP contribution < -0.4 is 16.3 Å². The minimum absolute atomic E-state index is 0.231. The number of nitrogens with zero attached hydrogens (tertiary/aromatic N) is 2. The molecule has 0 saturated heterocycles. The third-order valence-electron chi connectivity index (χ3n) is 1.76. The van der Waals surface area contributed by atoms with Crippen LogP contribution in [-0.4, -0.2) is 22.6 Å². The Balaban J connectivity index is 3.07. The Labute approximate surface area is 86.1 Å². The van der Waals surface area contributed by atoms with E-state index in [4.69, 9.17) is 0 Å². The number of amides is 1. The average Bonchev–Trinajstić information content (AvgIpc) is 2.14. The highest BCUT2D eigenvalue weighted by Crippen LogP contribution is 1.93. The molecule has 1 amide bonds. The topological polar surface area (TPSA) is 75.2 Å². The molecule has 1 N–H and O–H groups in total. The van der Waals surface area contributed by atoms with E-state index in [9.17, 15) is 14.4 Å². The largest absolute Gasteiger partial charge is 0.347 e. The molecule has 0 unspecified atom stereocenters. The van der Waals surface area contributed by atoms with Crippen LogP contribution in [0.4, 0.5) is 0 Å². The third kappa shape index (κ3) is 2.80. The first-order valence-electron chi connectivity index (χ1n) is 4.59. The van der Waals surface area contributed by atoms with Crippen molar-refractivity contribution in [3.63, 3.8) is 0 Å². The van der Waals surface area contributed by atoms with Gasteiger partial charge in [0, 0.05) is 18.8 Å². The van der Waals surface area contributed by atoms with E-state index in [0.29, 0.717) is 13.0 Å². The quantitative estimate of drug-likeness (QED) is 0.668. The van der Waals surface area contributed by atoms with E-state index in [1.54, 1.807) is 0 Å². The second kappa shape index (κ2) is 4.59. The maximum atomic E-state index is 11.3. The zero-order valence-electron chi connectivity index (χ0n) is 8.64. The third-order valence-corrected chi connectivity index (χ3v) is 1.76. The van der Waals surface area contributed by atoms with E-state index >= 15 is 0 Å². The van der Waals surface area contributed by atoms with Gasteiger partial charge in [-0.3, -0.25) is 14.6 Å². The summed E-state index contributed by atoms with van der Waals surface area (Å²) in [7, 11) is 0. The Morgan fingerprint density at radius 3 is 2.67 bits per heavy atom. The second-order valence-corrected chi connectivity index (χ2v) is 3.58. The van der Waals surface area contributed by atoms with Gasteiger partial charge in [0.15, 0.2) is 0 Å². The SMILES string of the molecule is CC(C)CN(C=O)n1ccc(=O)[nH]c1=O. The summed E-state index contributed by atoms with van der Waals surface area (Å²) in [6.07, 6.45) is 1.83. The number of nitrogens with one attached hydrogen (secondary N) is 1. The van der Waals surface area contributed by atoms with Crippen LogP contribution in [0.15, 0.2) is 21.9 Å². The molecule has 6 heteroatoms. The average molecular weight is 211 g/mol. The van der Waals surface area contributed by atoms with Gasteiger partial charge in [0.2, 0.25) is 6.41 Å². The highest BCUT2D eigenvalue weighted by atomic mass is 16.2. The van der Waals surface area contributed by atoms with Crippen LogP contribution in [0.1, 0.15) is 13.8 Å². The molecule has 15 heavy (non-hydrogen) atoms. The molecule has 1 heterocycles. The lowest BCUT2D eigenvalue weighted by Gasteiger charge is -2.20. The van der Waals surface area contributed by atoms with E-state index in [2.05, 4.69) is 4.98 Å². The van der Waals surface area contributed by atoms with Crippen molar-refractivity contribution in [2.45, 2.75) is 13.8 Å². The first-order valence-corrected chi connectivity index (χ1v) is 4.59. The summed E-state index contributed by atoms with van der Waals surface area (Å²) in [6, 6.07) is 1.19. The number of rotatable bonds is 4. The van der Waals surface area contributed by atoms with Crippen molar-refractivity contribution in [2.24, 2.45) is 5.92 Å². The van der Waals surface area contributed by atoms with Crippen LogP contribution in [0.25, 0.3) is 0 Å². The van der Waals surface area contributed by atoms with Gasteiger partial charge in [-0.15, -0.1) is 0 Å². The van der Waals surface area contributed by atoms with Crippen LogP contribution in [0, 0.1) is 5.92 Å². The van der Waals surface area contributed by atoms with Crippen molar-refractivity contribution in [2.75, 3.05) is 11.6 Å². The van der Waals surface area contributed by atoms with Crippen LogP contribution in [0.2, 0.25) is 0 Å². The molecule has 0 saturated carbocycles. The summed E-state index contributed by atoms with van der Waals surface area (Å²) in [5.41, 5.74) is -1.10. The minimum Gasteiger partial charge on any atom is -0.277 e. The predicted molar refractivity (Wildman–Crippen MR) is 55.3 cm³/mol. The standard InChI is InChI=1S/C9H13N3O3/c1-7(2)5-11(6-13)12-4-3-8(14)10-9(12)15/h3-4,6-7H,5H2,1-2H3,(H,10,14,15). The maximum Gasteiger partial charge on any atom is 0.347 e. The molecule has 6 nitrogen and oxygen atoms in total. The molecule has 1 aromatic heterocycles.